The maximum atomic E-state index is 12.8. The summed E-state index contributed by atoms with van der Waals surface area (Å²) in [6.45, 7) is 0. The Morgan fingerprint density at radius 2 is 1.61 bits per heavy atom. The van der Waals surface area contributed by atoms with Gasteiger partial charge in [0.25, 0.3) is 0 Å². The van der Waals surface area contributed by atoms with Crippen molar-refractivity contribution >= 4 is 50.3 Å². The van der Waals surface area contributed by atoms with Crippen LogP contribution >= 0.6 is 15.9 Å². The lowest BCUT2D eigenvalue weighted by Gasteiger charge is -2.19. The number of carboxylic acids is 1. The van der Waals surface area contributed by atoms with Gasteiger partial charge in [-0.3, -0.25) is 14.5 Å². The summed E-state index contributed by atoms with van der Waals surface area (Å²) in [4.78, 5) is 43.4. The minimum Gasteiger partial charge on any atom is -0.478 e. The highest BCUT2D eigenvalue weighted by Gasteiger charge is 2.48. The molecule has 2 atom stereocenters. The van der Waals surface area contributed by atoms with E-state index < -0.39 is 5.97 Å². The van der Waals surface area contributed by atoms with E-state index in [0.717, 1.165) is 30.2 Å². The van der Waals surface area contributed by atoms with Crippen LogP contribution in [0.2, 0.25) is 0 Å². The predicted molar refractivity (Wildman–Crippen MR) is 120 cm³/mol. The molecule has 2 aromatic carbocycles. The Kier molecular flexibility index (Phi) is 4.85. The highest BCUT2D eigenvalue weighted by atomic mass is 79.9. The summed E-state index contributed by atoms with van der Waals surface area (Å²) >= 11 is 3.37. The zero-order valence-corrected chi connectivity index (χ0v) is 18.1. The van der Waals surface area contributed by atoms with Gasteiger partial charge >= 0.3 is 5.97 Å². The van der Waals surface area contributed by atoms with Gasteiger partial charge in [-0.2, -0.15) is 0 Å². The molecule has 31 heavy (non-hydrogen) atoms. The van der Waals surface area contributed by atoms with Crippen molar-refractivity contribution in [1.29, 1.82) is 0 Å². The van der Waals surface area contributed by atoms with E-state index in [1.54, 1.807) is 42.5 Å². The van der Waals surface area contributed by atoms with Gasteiger partial charge < -0.3 is 5.11 Å². The van der Waals surface area contributed by atoms with Crippen LogP contribution in [0.25, 0.3) is 22.2 Å². The van der Waals surface area contributed by atoms with Crippen LogP contribution in [0.1, 0.15) is 36.0 Å². The van der Waals surface area contributed by atoms with Crippen LogP contribution in [0.15, 0.2) is 53.0 Å². The molecule has 2 heterocycles. The fourth-order valence-corrected chi connectivity index (χ4v) is 5.08. The predicted octanol–water partition coefficient (Wildman–Crippen LogP) is 5.04. The number of carboxylic acid groups (broad SMARTS) is 1. The molecule has 1 saturated heterocycles. The Bertz CT molecular complexity index is 1210. The van der Waals surface area contributed by atoms with Crippen molar-refractivity contribution in [2.24, 2.45) is 11.8 Å². The number of aromatic nitrogens is 1. The maximum Gasteiger partial charge on any atom is 0.336 e. The second-order valence-corrected chi connectivity index (χ2v) is 8.99. The maximum absolute atomic E-state index is 12.8. The lowest BCUT2D eigenvalue weighted by molar-refractivity contribution is -0.122. The van der Waals surface area contributed by atoms with Crippen LogP contribution in [0.3, 0.4) is 0 Å². The fourth-order valence-electron chi connectivity index (χ4n) is 4.72. The molecule has 2 fully saturated rings. The van der Waals surface area contributed by atoms with Gasteiger partial charge in [-0.15, -0.1) is 0 Å². The molecule has 156 valence electrons. The Morgan fingerprint density at radius 3 is 2.23 bits per heavy atom. The van der Waals surface area contributed by atoms with E-state index in [0.29, 0.717) is 27.8 Å². The average molecular weight is 479 g/mol. The zero-order chi connectivity index (χ0) is 21.7. The van der Waals surface area contributed by atoms with Gasteiger partial charge in [0.1, 0.15) is 0 Å². The molecule has 7 heteroatoms. The summed E-state index contributed by atoms with van der Waals surface area (Å²) < 4.78 is 0.780. The Balaban J connectivity index is 1.51. The summed E-state index contributed by atoms with van der Waals surface area (Å²) in [5.41, 5.74) is 2.53. The molecule has 2 aliphatic rings. The number of fused-ring (bicyclic) bond motifs is 2. The summed E-state index contributed by atoms with van der Waals surface area (Å²) in [5.74, 6) is -1.63. The molecule has 1 aromatic heterocycles. The Hall–Kier alpha value is -3.06. The Morgan fingerprint density at radius 1 is 0.968 bits per heavy atom. The van der Waals surface area contributed by atoms with Crippen molar-refractivity contribution in [3.05, 3.63) is 58.6 Å². The number of imide groups is 1. The summed E-state index contributed by atoms with van der Waals surface area (Å²) in [7, 11) is 0. The molecular weight excluding hydrogens is 460 g/mol. The van der Waals surface area contributed by atoms with Crippen molar-refractivity contribution in [2.75, 3.05) is 4.90 Å². The van der Waals surface area contributed by atoms with Gasteiger partial charge in [0.15, 0.2) is 0 Å². The van der Waals surface area contributed by atoms with E-state index in [1.807, 2.05) is 6.07 Å². The molecular formula is C24H19BrN2O4. The van der Waals surface area contributed by atoms with Gasteiger partial charge in [0.2, 0.25) is 11.8 Å². The Labute approximate surface area is 187 Å². The van der Waals surface area contributed by atoms with E-state index in [2.05, 4.69) is 20.9 Å². The number of nitrogens with zero attached hydrogens (tertiary/aromatic N) is 2. The molecule has 6 nitrogen and oxygen atoms in total. The minimum atomic E-state index is -1.03. The molecule has 1 aliphatic carbocycles. The van der Waals surface area contributed by atoms with Crippen LogP contribution in [0.4, 0.5) is 5.69 Å². The van der Waals surface area contributed by atoms with Crippen molar-refractivity contribution in [2.45, 2.75) is 25.7 Å². The molecule has 1 N–H and O–H groups in total. The lowest BCUT2D eigenvalue weighted by Crippen LogP contribution is -2.30. The molecule has 0 bridgehead atoms. The molecule has 5 rings (SSSR count). The summed E-state index contributed by atoms with van der Waals surface area (Å²) in [6, 6.07) is 13.9. The van der Waals surface area contributed by atoms with E-state index in [4.69, 9.17) is 0 Å². The number of hydrogen-bond acceptors (Lipinski definition) is 4. The molecule has 2 amide bonds. The first-order valence-electron chi connectivity index (χ1n) is 10.3. The third-order valence-electron chi connectivity index (χ3n) is 6.26. The number of pyridine rings is 1. The number of anilines is 1. The average Bonchev–Trinajstić information content (AvgIpc) is 3.03. The third kappa shape index (κ3) is 3.33. The number of carbonyl (C=O) groups is 3. The molecule has 2 unspecified atom stereocenters. The van der Waals surface area contributed by atoms with E-state index in [9.17, 15) is 19.5 Å². The van der Waals surface area contributed by atoms with Crippen LogP contribution in [-0.2, 0) is 9.59 Å². The number of amides is 2. The van der Waals surface area contributed by atoms with Crippen molar-refractivity contribution in [1.82, 2.24) is 4.98 Å². The number of rotatable bonds is 3. The van der Waals surface area contributed by atoms with Gasteiger partial charge in [-0.25, -0.2) is 9.78 Å². The summed E-state index contributed by atoms with van der Waals surface area (Å²) in [6.07, 6.45) is 3.53. The zero-order valence-electron chi connectivity index (χ0n) is 16.5. The molecule has 1 saturated carbocycles. The normalized spacial score (nSPS) is 20.9. The van der Waals surface area contributed by atoms with Crippen LogP contribution in [0, 0.1) is 11.8 Å². The van der Waals surface area contributed by atoms with Gasteiger partial charge in [-0.05, 0) is 49.2 Å². The van der Waals surface area contributed by atoms with Crippen LogP contribution in [-0.4, -0.2) is 27.9 Å². The molecule has 1 aliphatic heterocycles. The topological polar surface area (TPSA) is 87.6 Å². The highest BCUT2D eigenvalue weighted by molar-refractivity contribution is 9.10. The quantitative estimate of drug-likeness (QED) is 0.532. The second-order valence-electron chi connectivity index (χ2n) is 8.08. The molecule has 0 radical (unpaired) electrons. The minimum absolute atomic E-state index is 0.106. The largest absolute Gasteiger partial charge is 0.478 e. The monoisotopic (exact) mass is 478 g/mol. The third-order valence-corrected chi connectivity index (χ3v) is 6.76. The van der Waals surface area contributed by atoms with Crippen molar-refractivity contribution in [3.8, 4) is 11.3 Å². The van der Waals surface area contributed by atoms with E-state index in [-0.39, 0.29) is 29.2 Å². The molecule has 0 spiro atoms. The highest BCUT2D eigenvalue weighted by Crippen LogP contribution is 2.40. The van der Waals surface area contributed by atoms with E-state index >= 15 is 0 Å². The van der Waals surface area contributed by atoms with Crippen molar-refractivity contribution in [3.63, 3.8) is 0 Å². The molecule has 3 aromatic rings. The first-order valence-corrected chi connectivity index (χ1v) is 11.0. The smallest absolute Gasteiger partial charge is 0.336 e. The number of halogens is 1. The first kappa shape index (κ1) is 19.9. The number of benzene rings is 2. The second kappa shape index (κ2) is 7.57. The summed E-state index contributed by atoms with van der Waals surface area (Å²) in [5, 5.41) is 10.2. The fraction of sp³-hybridized carbons (Fsp3) is 0.250. The lowest BCUT2D eigenvalue weighted by atomic mass is 9.81. The van der Waals surface area contributed by atoms with Crippen molar-refractivity contribution < 1.29 is 19.5 Å². The number of hydrogen-bond donors (Lipinski definition) is 1. The van der Waals surface area contributed by atoms with E-state index in [1.165, 1.54) is 4.90 Å². The standard InChI is InChI=1S/C24H19BrN2O4/c25-14-7-10-20-18(11-14)19(24(30)31)12-21(26-20)13-5-8-15(9-6-13)27-22(28)16-3-1-2-4-17(16)23(27)29/h5-12,16-17H,1-4H2,(H,30,31). The van der Waals surface area contributed by atoms with Gasteiger partial charge in [-0.1, -0.05) is 40.9 Å². The van der Waals surface area contributed by atoms with Crippen LogP contribution < -0.4 is 4.90 Å². The first-order chi connectivity index (χ1) is 14.9. The number of aromatic carboxylic acids is 1. The SMILES string of the molecule is O=C(O)c1cc(-c2ccc(N3C(=O)C4CCCCC4C3=O)cc2)nc2ccc(Br)cc12. The van der Waals surface area contributed by atoms with Gasteiger partial charge in [0.05, 0.1) is 34.3 Å². The van der Waals surface area contributed by atoms with Gasteiger partial charge in [0, 0.05) is 15.4 Å². The number of carbonyl (C=O) groups excluding carboxylic acids is 2. The van der Waals surface area contributed by atoms with Crippen LogP contribution in [0.5, 0.6) is 0 Å².